The lowest BCUT2D eigenvalue weighted by Gasteiger charge is -2.57. The van der Waals surface area contributed by atoms with Crippen molar-refractivity contribution in [3.05, 3.63) is 36.8 Å². The average molecular weight is 458 g/mol. The molecule has 4 saturated carbocycles. The number of benzene rings is 1. The highest BCUT2D eigenvalue weighted by Crippen LogP contribution is 2.55. The highest BCUT2D eigenvalue weighted by atomic mass is 16.3. The standard InChI is InChI=1S/C26H31N7O/c34-24-8-19(20-12-28-29-13-20)1-2-22(24)23-14-27-25(32-31-23)33-4-3-21(15-33)30-26-9-16-5-17(10-26)7-18(6-16)11-26/h1-2,8,12-14,16-18,21,30,34H,3-7,9-11,15H2,(H,28,29). The van der Waals surface area contributed by atoms with Gasteiger partial charge < -0.3 is 15.3 Å². The van der Waals surface area contributed by atoms with Crippen molar-refractivity contribution in [1.29, 1.82) is 0 Å². The van der Waals surface area contributed by atoms with E-state index >= 15 is 0 Å². The molecule has 3 N–H and O–H groups in total. The fourth-order valence-corrected chi connectivity index (χ4v) is 7.65. The number of hydrogen-bond donors (Lipinski definition) is 3. The molecule has 2 aromatic heterocycles. The van der Waals surface area contributed by atoms with Crippen molar-refractivity contribution in [1.82, 2.24) is 30.7 Å². The van der Waals surface area contributed by atoms with Gasteiger partial charge in [-0.15, -0.1) is 10.2 Å². The summed E-state index contributed by atoms with van der Waals surface area (Å²) in [6, 6.07) is 6.01. The van der Waals surface area contributed by atoms with Crippen LogP contribution in [0.15, 0.2) is 36.8 Å². The Morgan fingerprint density at radius 1 is 1.00 bits per heavy atom. The molecule has 5 aliphatic rings. The van der Waals surface area contributed by atoms with Crippen LogP contribution in [0.2, 0.25) is 0 Å². The molecule has 1 unspecified atom stereocenters. The molecule has 0 radical (unpaired) electrons. The molecule has 4 bridgehead atoms. The second-order valence-corrected chi connectivity index (χ2v) is 11.1. The van der Waals surface area contributed by atoms with Gasteiger partial charge >= 0.3 is 0 Å². The molecule has 0 spiro atoms. The first kappa shape index (κ1) is 20.4. The van der Waals surface area contributed by atoms with Crippen LogP contribution in [0.25, 0.3) is 22.4 Å². The van der Waals surface area contributed by atoms with E-state index in [2.05, 4.69) is 35.6 Å². The second kappa shape index (κ2) is 7.77. The first-order valence-electron chi connectivity index (χ1n) is 12.7. The summed E-state index contributed by atoms with van der Waals surface area (Å²) in [5, 5.41) is 30.3. The first-order chi connectivity index (χ1) is 16.6. The zero-order chi connectivity index (χ0) is 22.7. The van der Waals surface area contributed by atoms with E-state index in [1.165, 1.54) is 38.5 Å². The summed E-state index contributed by atoms with van der Waals surface area (Å²) in [6.45, 7) is 1.89. The third-order valence-corrected chi connectivity index (χ3v) is 8.67. The van der Waals surface area contributed by atoms with Crippen LogP contribution in [0.3, 0.4) is 0 Å². The molecular weight excluding hydrogens is 426 g/mol. The summed E-state index contributed by atoms with van der Waals surface area (Å²) in [5.41, 5.74) is 3.40. The van der Waals surface area contributed by atoms with Crippen molar-refractivity contribution >= 4 is 5.95 Å². The monoisotopic (exact) mass is 457 g/mol. The number of nitrogens with one attached hydrogen (secondary N) is 2. The molecule has 1 aromatic carbocycles. The van der Waals surface area contributed by atoms with Gasteiger partial charge in [-0.25, -0.2) is 4.98 Å². The number of aromatic amines is 1. The zero-order valence-electron chi connectivity index (χ0n) is 19.3. The lowest BCUT2D eigenvalue weighted by molar-refractivity contribution is -0.0241. The Bertz CT molecular complexity index is 1140. The number of nitrogens with zero attached hydrogens (tertiary/aromatic N) is 5. The van der Waals surface area contributed by atoms with Crippen molar-refractivity contribution < 1.29 is 5.11 Å². The third kappa shape index (κ3) is 3.55. The molecule has 8 heteroatoms. The first-order valence-corrected chi connectivity index (χ1v) is 12.7. The smallest absolute Gasteiger partial charge is 0.245 e. The minimum Gasteiger partial charge on any atom is -0.507 e. The van der Waals surface area contributed by atoms with Crippen LogP contribution in [-0.2, 0) is 0 Å². The maximum absolute atomic E-state index is 10.6. The van der Waals surface area contributed by atoms with E-state index in [1.54, 1.807) is 24.7 Å². The van der Waals surface area contributed by atoms with Gasteiger partial charge in [0.05, 0.1) is 12.4 Å². The van der Waals surface area contributed by atoms with Crippen LogP contribution in [0.5, 0.6) is 5.75 Å². The fourth-order valence-electron chi connectivity index (χ4n) is 7.65. The largest absolute Gasteiger partial charge is 0.507 e. The van der Waals surface area contributed by atoms with E-state index < -0.39 is 0 Å². The number of rotatable bonds is 5. The molecule has 34 heavy (non-hydrogen) atoms. The molecule has 8 rings (SSSR count). The maximum atomic E-state index is 10.6. The quantitative estimate of drug-likeness (QED) is 0.536. The normalized spacial score (nSPS) is 31.9. The van der Waals surface area contributed by atoms with E-state index in [-0.39, 0.29) is 5.75 Å². The predicted octanol–water partition coefficient (Wildman–Crippen LogP) is 3.77. The SMILES string of the molecule is Oc1cc(-c2cn[nH]c2)ccc1-c1cnc(N2CCC(NC34CC5CC(CC(C5)C3)C4)C2)nn1. The van der Waals surface area contributed by atoms with E-state index in [4.69, 9.17) is 0 Å². The molecule has 1 atom stereocenters. The van der Waals surface area contributed by atoms with Crippen LogP contribution >= 0.6 is 0 Å². The number of phenolic OH excluding ortho intramolecular Hbond substituents is 1. The summed E-state index contributed by atoms with van der Waals surface area (Å²) < 4.78 is 0. The van der Waals surface area contributed by atoms with Gasteiger partial charge in [0.1, 0.15) is 11.4 Å². The number of aromatic nitrogens is 5. The number of phenols is 1. The van der Waals surface area contributed by atoms with Gasteiger partial charge in [-0.05, 0) is 80.4 Å². The topological polar surface area (TPSA) is 103 Å². The van der Waals surface area contributed by atoms with Gasteiger partial charge in [0.2, 0.25) is 5.95 Å². The summed E-state index contributed by atoms with van der Waals surface area (Å²) in [5.74, 6) is 3.71. The highest BCUT2D eigenvalue weighted by Gasteiger charge is 2.51. The van der Waals surface area contributed by atoms with Gasteiger partial charge in [-0.1, -0.05) is 6.07 Å². The van der Waals surface area contributed by atoms with Crippen molar-refractivity contribution in [2.24, 2.45) is 17.8 Å². The molecular formula is C26H31N7O. The highest BCUT2D eigenvalue weighted by molar-refractivity contribution is 5.73. The van der Waals surface area contributed by atoms with Crippen molar-refractivity contribution in [3.63, 3.8) is 0 Å². The van der Waals surface area contributed by atoms with Crippen molar-refractivity contribution in [2.75, 3.05) is 18.0 Å². The molecule has 176 valence electrons. The summed E-state index contributed by atoms with van der Waals surface area (Å²) >= 11 is 0. The van der Waals surface area contributed by atoms with Gasteiger partial charge in [-0.2, -0.15) is 5.10 Å². The minimum absolute atomic E-state index is 0.156. The summed E-state index contributed by atoms with van der Waals surface area (Å²) in [7, 11) is 0. The Labute approximate surface area is 199 Å². The molecule has 3 aromatic rings. The minimum atomic E-state index is 0.156. The average Bonchev–Trinajstić information content (AvgIpc) is 3.51. The van der Waals surface area contributed by atoms with Gasteiger partial charge in [-0.3, -0.25) is 5.10 Å². The Kier molecular flexibility index (Phi) is 4.65. The zero-order valence-corrected chi connectivity index (χ0v) is 19.3. The molecule has 1 aliphatic heterocycles. The Balaban J connectivity index is 1.03. The van der Waals surface area contributed by atoms with Gasteiger partial charge in [0.15, 0.2) is 0 Å². The predicted molar refractivity (Wildman–Crippen MR) is 129 cm³/mol. The second-order valence-electron chi connectivity index (χ2n) is 11.1. The van der Waals surface area contributed by atoms with Crippen LogP contribution in [-0.4, -0.2) is 55.2 Å². The molecule has 4 aliphatic carbocycles. The van der Waals surface area contributed by atoms with E-state index in [0.717, 1.165) is 48.4 Å². The Morgan fingerprint density at radius 2 is 1.79 bits per heavy atom. The van der Waals surface area contributed by atoms with Crippen LogP contribution in [0.4, 0.5) is 5.95 Å². The number of anilines is 1. The van der Waals surface area contributed by atoms with Crippen molar-refractivity contribution in [3.8, 4) is 28.1 Å². The molecule has 0 amide bonds. The van der Waals surface area contributed by atoms with Crippen LogP contribution < -0.4 is 10.2 Å². The van der Waals surface area contributed by atoms with E-state index in [9.17, 15) is 5.11 Å². The molecule has 1 saturated heterocycles. The van der Waals surface area contributed by atoms with Gasteiger partial charge in [0, 0.05) is 42.0 Å². The Hall–Kier alpha value is -3.00. The summed E-state index contributed by atoms with van der Waals surface area (Å²) in [6.07, 6.45) is 14.9. The fraction of sp³-hybridized carbons (Fsp3) is 0.538. The van der Waals surface area contributed by atoms with Gasteiger partial charge in [0.25, 0.3) is 0 Å². The number of H-pyrrole nitrogens is 1. The molecule has 3 heterocycles. The van der Waals surface area contributed by atoms with E-state index in [1.807, 2.05) is 12.1 Å². The third-order valence-electron chi connectivity index (χ3n) is 8.67. The number of aromatic hydroxyl groups is 1. The lowest BCUT2D eigenvalue weighted by atomic mass is 9.53. The van der Waals surface area contributed by atoms with Crippen LogP contribution in [0, 0.1) is 17.8 Å². The lowest BCUT2D eigenvalue weighted by Crippen LogP contribution is -2.61. The molecule has 5 fully saturated rings. The van der Waals surface area contributed by atoms with E-state index in [0.29, 0.717) is 28.8 Å². The van der Waals surface area contributed by atoms with Crippen LogP contribution in [0.1, 0.15) is 44.9 Å². The maximum Gasteiger partial charge on any atom is 0.245 e. The number of hydrogen-bond acceptors (Lipinski definition) is 7. The molecule has 8 nitrogen and oxygen atoms in total. The Morgan fingerprint density at radius 3 is 2.44 bits per heavy atom. The van der Waals surface area contributed by atoms with Crippen molar-refractivity contribution in [2.45, 2.75) is 56.5 Å². The summed E-state index contributed by atoms with van der Waals surface area (Å²) in [4.78, 5) is 6.86.